The molecule has 0 fully saturated rings. The van der Waals surface area contributed by atoms with E-state index < -0.39 is 0 Å². The number of nitrogens with zero attached hydrogens (tertiary/aromatic N) is 2. The van der Waals surface area contributed by atoms with Crippen LogP contribution in [0.25, 0.3) is 0 Å². The summed E-state index contributed by atoms with van der Waals surface area (Å²) in [6.07, 6.45) is 1.47. The van der Waals surface area contributed by atoms with Gasteiger partial charge in [0.15, 0.2) is 0 Å². The predicted octanol–water partition coefficient (Wildman–Crippen LogP) is 0.0805. The minimum Gasteiger partial charge on any atom is -0.465 e. The Kier molecular flexibility index (Phi) is 4.02. The van der Waals surface area contributed by atoms with Crippen molar-refractivity contribution >= 4 is 18.1 Å². The fourth-order valence-electron chi connectivity index (χ4n) is 0.985. The molecule has 84 valence electrons. The zero-order chi connectivity index (χ0) is 12.0. The van der Waals surface area contributed by atoms with Crippen LogP contribution in [0.4, 0.5) is 0 Å². The Morgan fingerprint density at radius 3 is 2.44 bits per heavy atom. The number of hydrogen-bond donors (Lipinski definition) is 2. The average molecular weight is 220 g/mol. The molecule has 0 spiro atoms. The van der Waals surface area contributed by atoms with Crippen molar-refractivity contribution < 1.29 is 9.53 Å². The maximum absolute atomic E-state index is 11.1. The normalized spacial score (nSPS) is 10.1. The van der Waals surface area contributed by atoms with Crippen LogP contribution >= 0.6 is 0 Å². The van der Waals surface area contributed by atoms with E-state index in [1.165, 1.54) is 13.3 Å². The van der Waals surface area contributed by atoms with Gasteiger partial charge in [0, 0.05) is 0 Å². The van der Waals surface area contributed by atoms with Crippen LogP contribution in [0.1, 0.15) is 15.9 Å². The van der Waals surface area contributed by atoms with Crippen molar-refractivity contribution in [1.29, 1.82) is 0 Å². The van der Waals surface area contributed by atoms with Crippen molar-refractivity contribution in [1.82, 2.24) is 0 Å². The molecular formula is C10H12N4O2. The lowest BCUT2D eigenvalue weighted by molar-refractivity contribution is 0.0601. The molecular weight excluding hydrogens is 208 g/mol. The van der Waals surface area contributed by atoms with Crippen LogP contribution in [0.3, 0.4) is 0 Å². The molecule has 6 nitrogen and oxygen atoms in total. The highest BCUT2D eigenvalue weighted by atomic mass is 16.5. The Labute approximate surface area is 92.6 Å². The number of methoxy groups -OCH3 is 1. The SMILES string of the molecule is COC(=O)c1ccc(C=NN=C(N)N)cc1. The molecule has 6 heteroatoms. The zero-order valence-corrected chi connectivity index (χ0v) is 8.75. The van der Waals surface area contributed by atoms with Crippen molar-refractivity contribution in [2.24, 2.45) is 21.7 Å². The molecule has 0 saturated carbocycles. The van der Waals surface area contributed by atoms with E-state index >= 15 is 0 Å². The van der Waals surface area contributed by atoms with Gasteiger partial charge in [-0.25, -0.2) is 4.79 Å². The maximum atomic E-state index is 11.1. The maximum Gasteiger partial charge on any atom is 0.337 e. The number of nitrogens with two attached hydrogens (primary N) is 2. The van der Waals surface area contributed by atoms with Gasteiger partial charge in [0.05, 0.1) is 18.9 Å². The number of ether oxygens (including phenoxy) is 1. The van der Waals surface area contributed by atoms with E-state index in [0.717, 1.165) is 5.56 Å². The summed E-state index contributed by atoms with van der Waals surface area (Å²) in [6.45, 7) is 0. The number of guanidine groups is 1. The van der Waals surface area contributed by atoms with Gasteiger partial charge >= 0.3 is 5.97 Å². The van der Waals surface area contributed by atoms with Gasteiger partial charge in [0.25, 0.3) is 0 Å². The average Bonchev–Trinajstić information content (AvgIpc) is 2.28. The molecule has 1 rings (SSSR count). The van der Waals surface area contributed by atoms with E-state index in [4.69, 9.17) is 11.5 Å². The summed E-state index contributed by atoms with van der Waals surface area (Å²) in [5, 5.41) is 7.08. The van der Waals surface area contributed by atoms with Crippen LogP contribution in [0.2, 0.25) is 0 Å². The molecule has 0 aliphatic rings. The van der Waals surface area contributed by atoms with E-state index in [1.54, 1.807) is 24.3 Å². The monoisotopic (exact) mass is 220 g/mol. The van der Waals surface area contributed by atoms with Crippen LogP contribution in [0.5, 0.6) is 0 Å². The Morgan fingerprint density at radius 2 is 1.94 bits per heavy atom. The molecule has 0 aliphatic carbocycles. The largest absolute Gasteiger partial charge is 0.465 e. The summed E-state index contributed by atoms with van der Waals surface area (Å²) in [5.41, 5.74) is 11.4. The lowest BCUT2D eigenvalue weighted by Gasteiger charge is -1.98. The van der Waals surface area contributed by atoms with Crippen molar-refractivity contribution in [3.63, 3.8) is 0 Å². The molecule has 0 aliphatic heterocycles. The van der Waals surface area contributed by atoms with Gasteiger partial charge in [-0.15, -0.1) is 5.10 Å². The number of rotatable bonds is 3. The highest BCUT2D eigenvalue weighted by molar-refractivity contribution is 5.90. The van der Waals surface area contributed by atoms with Gasteiger partial charge < -0.3 is 16.2 Å². The van der Waals surface area contributed by atoms with E-state index in [-0.39, 0.29) is 11.9 Å². The lowest BCUT2D eigenvalue weighted by Crippen LogP contribution is -2.21. The number of esters is 1. The first-order chi connectivity index (χ1) is 7.63. The van der Waals surface area contributed by atoms with Crippen LogP contribution < -0.4 is 11.5 Å². The summed E-state index contributed by atoms with van der Waals surface area (Å²) in [7, 11) is 1.33. The Morgan fingerprint density at radius 1 is 1.31 bits per heavy atom. The molecule has 0 amide bonds. The van der Waals surface area contributed by atoms with E-state index in [9.17, 15) is 4.79 Å². The number of carbonyl (C=O) groups is 1. The molecule has 1 aromatic carbocycles. The van der Waals surface area contributed by atoms with Crippen molar-refractivity contribution in [2.45, 2.75) is 0 Å². The van der Waals surface area contributed by atoms with E-state index in [1.807, 2.05) is 0 Å². The molecule has 0 unspecified atom stereocenters. The van der Waals surface area contributed by atoms with Gasteiger partial charge in [-0.1, -0.05) is 12.1 Å². The molecule has 4 N–H and O–H groups in total. The number of carbonyl (C=O) groups excluding carboxylic acids is 1. The van der Waals surface area contributed by atoms with Crippen LogP contribution in [-0.4, -0.2) is 25.3 Å². The standard InChI is InChI=1S/C10H12N4O2/c1-16-9(15)8-4-2-7(3-5-8)6-13-14-10(11)12/h2-6H,1H3,(H4,11,12,14). The molecule has 0 aromatic heterocycles. The van der Waals surface area contributed by atoms with Crippen molar-refractivity contribution in [3.8, 4) is 0 Å². The highest BCUT2D eigenvalue weighted by Gasteiger charge is 2.02. The summed E-state index contributed by atoms with van der Waals surface area (Å²) in [5.74, 6) is -0.491. The second kappa shape index (κ2) is 5.50. The molecule has 1 aromatic rings. The first-order valence-electron chi connectivity index (χ1n) is 4.44. The second-order valence-corrected chi connectivity index (χ2v) is 2.88. The molecule has 0 saturated heterocycles. The first kappa shape index (κ1) is 11.7. The Balaban J connectivity index is 2.76. The summed E-state index contributed by atoms with van der Waals surface area (Å²) in [6, 6.07) is 6.67. The zero-order valence-electron chi connectivity index (χ0n) is 8.75. The van der Waals surface area contributed by atoms with E-state index in [2.05, 4.69) is 14.9 Å². The van der Waals surface area contributed by atoms with Gasteiger partial charge in [0.1, 0.15) is 0 Å². The number of hydrogen-bond acceptors (Lipinski definition) is 4. The van der Waals surface area contributed by atoms with Crippen molar-refractivity contribution in [2.75, 3.05) is 7.11 Å². The predicted molar refractivity (Wildman–Crippen MR) is 61.2 cm³/mol. The molecule has 0 atom stereocenters. The second-order valence-electron chi connectivity index (χ2n) is 2.88. The van der Waals surface area contributed by atoms with Gasteiger partial charge in [0.2, 0.25) is 5.96 Å². The smallest absolute Gasteiger partial charge is 0.337 e. The summed E-state index contributed by atoms with van der Waals surface area (Å²) in [4.78, 5) is 11.1. The minimum atomic E-state index is -0.382. The summed E-state index contributed by atoms with van der Waals surface area (Å²) < 4.78 is 4.56. The molecule has 0 bridgehead atoms. The third-order valence-electron chi connectivity index (χ3n) is 1.71. The van der Waals surface area contributed by atoms with Gasteiger partial charge in [-0.2, -0.15) is 5.10 Å². The third kappa shape index (κ3) is 3.41. The Hall–Kier alpha value is -2.37. The fourth-order valence-corrected chi connectivity index (χ4v) is 0.985. The summed E-state index contributed by atoms with van der Waals surface area (Å²) >= 11 is 0. The van der Waals surface area contributed by atoms with Gasteiger partial charge in [-0.05, 0) is 17.7 Å². The molecule has 0 radical (unpaired) electrons. The Bertz CT molecular complexity index is 419. The van der Waals surface area contributed by atoms with Crippen LogP contribution in [0, 0.1) is 0 Å². The molecule has 0 heterocycles. The fraction of sp³-hybridized carbons (Fsp3) is 0.100. The topological polar surface area (TPSA) is 103 Å². The van der Waals surface area contributed by atoms with E-state index in [0.29, 0.717) is 5.56 Å². The quantitative estimate of drug-likeness (QED) is 0.326. The van der Waals surface area contributed by atoms with Crippen molar-refractivity contribution in [3.05, 3.63) is 35.4 Å². The van der Waals surface area contributed by atoms with Crippen LogP contribution in [0.15, 0.2) is 34.5 Å². The lowest BCUT2D eigenvalue weighted by atomic mass is 10.1. The van der Waals surface area contributed by atoms with Crippen LogP contribution in [-0.2, 0) is 4.74 Å². The third-order valence-corrected chi connectivity index (χ3v) is 1.71. The van der Waals surface area contributed by atoms with Gasteiger partial charge in [-0.3, -0.25) is 0 Å². The first-order valence-corrected chi connectivity index (χ1v) is 4.44. The molecule has 16 heavy (non-hydrogen) atoms. The highest BCUT2D eigenvalue weighted by Crippen LogP contribution is 2.03. The number of benzene rings is 1. The minimum absolute atomic E-state index is 0.109.